The van der Waals surface area contributed by atoms with E-state index in [9.17, 15) is 5.11 Å². The summed E-state index contributed by atoms with van der Waals surface area (Å²) in [5.74, 6) is 0.299. The highest BCUT2D eigenvalue weighted by atomic mass is 16.3. The first kappa shape index (κ1) is 10.4. The van der Waals surface area contributed by atoms with Crippen LogP contribution in [0.1, 0.15) is 11.1 Å². The number of para-hydroxylation sites is 1. The molecule has 2 nitrogen and oxygen atoms in total. The summed E-state index contributed by atoms with van der Waals surface area (Å²) >= 11 is 0. The maximum atomic E-state index is 9.53. The molecule has 0 amide bonds. The number of benzene rings is 2. The number of nitrogens with zero attached hydrogens (tertiary/aromatic N) is 1. The first-order chi connectivity index (χ1) is 7.86. The molecule has 2 aromatic carbocycles. The zero-order chi connectivity index (χ0) is 11.2. The van der Waals surface area contributed by atoms with Crippen molar-refractivity contribution in [1.29, 1.82) is 0 Å². The molecule has 16 heavy (non-hydrogen) atoms. The summed E-state index contributed by atoms with van der Waals surface area (Å²) in [6.07, 6.45) is 1.81. The summed E-state index contributed by atoms with van der Waals surface area (Å²) in [5, 5.41) is 9.53. The molecule has 0 saturated carbocycles. The average Bonchev–Trinajstić information content (AvgIpc) is 2.33. The van der Waals surface area contributed by atoms with Crippen molar-refractivity contribution >= 4 is 6.21 Å². The third-order valence-electron chi connectivity index (χ3n) is 2.29. The van der Waals surface area contributed by atoms with Crippen LogP contribution in [-0.4, -0.2) is 11.3 Å². The SMILES string of the molecule is Oc1ccccc1CN=Cc1ccccc1. The number of aliphatic imine (C=N–C) groups is 1. The quantitative estimate of drug-likeness (QED) is 0.778. The number of phenolic OH excluding ortho intramolecular Hbond substituents is 1. The number of phenols is 1. The van der Waals surface area contributed by atoms with Crippen LogP contribution in [0.2, 0.25) is 0 Å². The maximum Gasteiger partial charge on any atom is 0.120 e. The summed E-state index contributed by atoms with van der Waals surface area (Å²) in [6, 6.07) is 17.2. The fourth-order valence-corrected chi connectivity index (χ4v) is 1.43. The topological polar surface area (TPSA) is 32.6 Å². The Morgan fingerprint density at radius 2 is 1.62 bits per heavy atom. The van der Waals surface area contributed by atoms with Crippen LogP contribution in [0.3, 0.4) is 0 Å². The van der Waals surface area contributed by atoms with Gasteiger partial charge in [-0.2, -0.15) is 0 Å². The van der Waals surface area contributed by atoms with Crippen LogP contribution in [0.4, 0.5) is 0 Å². The van der Waals surface area contributed by atoms with Crippen LogP contribution < -0.4 is 0 Å². The van der Waals surface area contributed by atoms with Gasteiger partial charge in [0.2, 0.25) is 0 Å². The molecule has 0 aliphatic heterocycles. The summed E-state index contributed by atoms with van der Waals surface area (Å²) in [5.41, 5.74) is 1.91. The lowest BCUT2D eigenvalue weighted by Crippen LogP contribution is -1.84. The first-order valence-electron chi connectivity index (χ1n) is 5.18. The standard InChI is InChI=1S/C14H13NO/c16-14-9-5-4-8-13(14)11-15-10-12-6-2-1-3-7-12/h1-10,16H,11H2. The Balaban J connectivity index is 2.03. The van der Waals surface area contributed by atoms with Crippen molar-refractivity contribution in [2.75, 3.05) is 0 Å². The van der Waals surface area contributed by atoms with Crippen LogP contribution >= 0.6 is 0 Å². The van der Waals surface area contributed by atoms with Gasteiger partial charge in [-0.3, -0.25) is 4.99 Å². The largest absolute Gasteiger partial charge is 0.508 e. The Morgan fingerprint density at radius 3 is 2.38 bits per heavy atom. The molecule has 0 saturated heterocycles. The van der Waals surface area contributed by atoms with E-state index in [-0.39, 0.29) is 0 Å². The molecule has 0 radical (unpaired) electrons. The first-order valence-corrected chi connectivity index (χ1v) is 5.18. The second kappa shape index (κ2) is 5.12. The molecule has 0 aliphatic carbocycles. The number of hydrogen-bond donors (Lipinski definition) is 1. The lowest BCUT2D eigenvalue weighted by molar-refractivity contribution is 0.468. The highest BCUT2D eigenvalue weighted by molar-refractivity contribution is 5.79. The van der Waals surface area contributed by atoms with Gasteiger partial charge in [-0.05, 0) is 11.6 Å². The molecular formula is C14H13NO. The van der Waals surface area contributed by atoms with Crippen LogP contribution in [0, 0.1) is 0 Å². The van der Waals surface area contributed by atoms with Crippen molar-refractivity contribution in [3.05, 3.63) is 65.7 Å². The smallest absolute Gasteiger partial charge is 0.120 e. The highest BCUT2D eigenvalue weighted by Gasteiger charge is 1.96. The fraction of sp³-hybridized carbons (Fsp3) is 0.0714. The summed E-state index contributed by atoms with van der Waals surface area (Å²) in [7, 11) is 0. The molecule has 80 valence electrons. The van der Waals surface area contributed by atoms with Gasteiger partial charge in [-0.15, -0.1) is 0 Å². The molecule has 0 spiro atoms. The third-order valence-corrected chi connectivity index (χ3v) is 2.29. The minimum atomic E-state index is 0.299. The van der Waals surface area contributed by atoms with E-state index in [4.69, 9.17) is 0 Å². The van der Waals surface area contributed by atoms with Crippen LogP contribution in [0.15, 0.2) is 59.6 Å². The van der Waals surface area contributed by atoms with E-state index in [0.717, 1.165) is 11.1 Å². The molecule has 0 heterocycles. The molecule has 0 unspecified atom stereocenters. The predicted molar refractivity (Wildman–Crippen MR) is 65.8 cm³/mol. The van der Waals surface area contributed by atoms with E-state index in [1.54, 1.807) is 12.1 Å². The van der Waals surface area contributed by atoms with Gasteiger partial charge in [0.25, 0.3) is 0 Å². The second-order valence-corrected chi connectivity index (χ2v) is 3.51. The van der Waals surface area contributed by atoms with Gasteiger partial charge < -0.3 is 5.11 Å². The van der Waals surface area contributed by atoms with E-state index in [1.807, 2.05) is 48.7 Å². The normalized spacial score (nSPS) is 10.8. The van der Waals surface area contributed by atoms with E-state index >= 15 is 0 Å². The average molecular weight is 211 g/mol. The minimum absolute atomic E-state index is 0.299. The van der Waals surface area contributed by atoms with Gasteiger partial charge in [0.05, 0.1) is 6.54 Å². The Kier molecular flexibility index (Phi) is 3.34. The predicted octanol–water partition coefficient (Wildman–Crippen LogP) is 3.01. The van der Waals surface area contributed by atoms with E-state index in [0.29, 0.717) is 12.3 Å². The zero-order valence-electron chi connectivity index (χ0n) is 8.88. The van der Waals surface area contributed by atoms with Crippen LogP contribution in [0.5, 0.6) is 5.75 Å². The van der Waals surface area contributed by atoms with E-state index < -0.39 is 0 Å². The molecule has 0 bridgehead atoms. The molecule has 2 rings (SSSR count). The third kappa shape index (κ3) is 2.70. The maximum absolute atomic E-state index is 9.53. The summed E-state index contributed by atoms with van der Waals surface area (Å²) in [4.78, 5) is 4.29. The number of hydrogen-bond acceptors (Lipinski definition) is 2. The van der Waals surface area contributed by atoms with Crippen molar-refractivity contribution in [3.63, 3.8) is 0 Å². The lowest BCUT2D eigenvalue weighted by Gasteiger charge is -1.99. The van der Waals surface area contributed by atoms with Gasteiger partial charge in [0, 0.05) is 11.8 Å². The Labute approximate surface area is 94.9 Å². The fourth-order valence-electron chi connectivity index (χ4n) is 1.43. The molecule has 0 fully saturated rings. The van der Waals surface area contributed by atoms with Crippen molar-refractivity contribution < 1.29 is 5.11 Å². The van der Waals surface area contributed by atoms with E-state index in [2.05, 4.69) is 4.99 Å². The number of rotatable bonds is 3. The lowest BCUT2D eigenvalue weighted by atomic mass is 10.2. The Morgan fingerprint density at radius 1 is 0.938 bits per heavy atom. The van der Waals surface area contributed by atoms with E-state index in [1.165, 1.54) is 0 Å². The molecule has 1 N–H and O–H groups in total. The van der Waals surface area contributed by atoms with Crippen molar-refractivity contribution in [3.8, 4) is 5.75 Å². The second-order valence-electron chi connectivity index (χ2n) is 3.51. The van der Waals surface area contributed by atoms with Crippen LogP contribution in [0.25, 0.3) is 0 Å². The number of aromatic hydroxyl groups is 1. The highest BCUT2D eigenvalue weighted by Crippen LogP contribution is 2.16. The summed E-state index contributed by atoms with van der Waals surface area (Å²) in [6.45, 7) is 0.502. The zero-order valence-corrected chi connectivity index (χ0v) is 8.88. The molecule has 0 aromatic heterocycles. The van der Waals surface area contributed by atoms with Gasteiger partial charge in [-0.25, -0.2) is 0 Å². The molecule has 0 atom stereocenters. The Hall–Kier alpha value is -2.09. The van der Waals surface area contributed by atoms with Gasteiger partial charge in [0.15, 0.2) is 0 Å². The summed E-state index contributed by atoms with van der Waals surface area (Å²) < 4.78 is 0. The minimum Gasteiger partial charge on any atom is -0.508 e. The van der Waals surface area contributed by atoms with Crippen molar-refractivity contribution in [2.24, 2.45) is 4.99 Å². The van der Waals surface area contributed by atoms with Gasteiger partial charge in [0.1, 0.15) is 5.75 Å². The van der Waals surface area contributed by atoms with Crippen molar-refractivity contribution in [2.45, 2.75) is 6.54 Å². The van der Waals surface area contributed by atoms with Gasteiger partial charge in [-0.1, -0.05) is 48.5 Å². The monoisotopic (exact) mass is 211 g/mol. The molecule has 0 aliphatic rings. The molecule has 2 aromatic rings. The Bertz CT molecular complexity index is 477. The van der Waals surface area contributed by atoms with Gasteiger partial charge >= 0.3 is 0 Å². The van der Waals surface area contributed by atoms with Crippen molar-refractivity contribution in [1.82, 2.24) is 0 Å². The van der Waals surface area contributed by atoms with Crippen LogP contribution in [-0.2, 0) is 6.54 Å². The molecule has 2 heteroatoms. The molecular weight excluding hydrogens is 198 g/mol.